The molecule has 6 heteroatoms. The molecule has 1 rings (SSSR count). The Bertz CT molecular complexity index is 453. The fraction of sp³-hybridized carbons (Fsp3) is 0.562. The molecular formula is C16H28IN3O2. The van der Waals surface area contributed by atoms with Crippen LogP contribution >= 0.6 is 24.0 Å². The van der Waals surface area contributed by atoms with Crippen LogP contribution < -0.4 is 15.4 Å². The number of nitrogens with zero attached hydrogens (tertiary/aromatic N) is 1. The van der Waals surface area contributed by atoms with Gasteiger partial charge in [-0.15, -0.1) is 24.0 Å². The Kier molecular flexibility index (Phi) is 11.7. The van der Waals surface area contributed by atoms with Crippen LogP contribution in [-0.4, -0.2) is 30.8 Å². The Labute approximate surface area is 150 Å². The molecule has 5 nitrogen and oxygen atoms in total. The second kappa shape index (κ2) is 12.4. The third kappa shape index (κ3) is 7.72. The maximum atomic E-state index is 9.69. The van der Waals surface area contributed by atoms with Gasteiger partial charge in [-0.2, -0.15) is 0 Å². The van der Waals surface area contributed by atoms with Crippen LogP contribution in [0.15, 0.2) is 23.2 Å². The highest BCUT2D eigenvalue weighted by molar-refractivity contribution is 14.0. The van der Waals surface area contributed by atoms with Crippen LogP contribution in [0.2, 0.25) is 0 Å². The van der Waals surface area contributed by atoms with E-state index < -0.39 is 0 Å². The predicted molar refractivity (Wildman–Crippen MR) is 102 cm³/mol. The molecular weight excluding hydrogens is 393 g/mol. The van der Waals surface area contributed by atoms with Crippen molar-refractivity contribution in [3.05, 3.63) is 23.8 Å². The highest BCUT2D eigenvalue weighted by atomic mass is 127. The van der Waals surface area contributed by atoms with E-state index >= 15 is 0 Å². The average Bonchev–Trinajstić information content (AvgIpc) is 2.48. The van der Waals surface area contributed by atoms with Crippen LogP contribution in [0, 0.1) is 0 Å². The van der Waals surface area contributed by atoms with Crippen molar-refractivity contribution in [3.63, 3.8) is 0 Å². The summed E-state index contributed by atoms with van der Waals surface area (Å²) in [6.07, 6.45) is 2.28. The van der Waals surface area contributed by atoms with Gasteiger partial charge in [0.25, 0.3) is 0 Å². The first kappa shape index (κ1) is 20.8. The maximum absolute atomic E-state index is 9.69. The lowest BCUT2D eigenvalue weighted by Gasteiger charge is -2.11. The second-order valence-electron chi connectivity index (χ2n) is 4.71. The third-order valence-electron chi connectivity index (χ3n) is 2.91. The highest BCUT2D eigenvalue weighted by Crippen LogP contribution is 2.26. The maximum Gasteiger partial charge on any atom is 0.191 e. The molecule has 0 fully saturated rings. The molecule has 0 unspecified atom stereocenters. The van der Waals surface area contributed by atoms with Gasteiger partial charge in [-0.3, -0.25) is 0 Å². The van der Waals surface area contributed by atoms with E-state index in [0.29, 0.717) is 18.9 Å². The first-order valence-electron chi connectivity index (χ1n) is 7.68. The van der Waals surface area contributed by atoms with Gasteiger partial charge in [0.2, 0.25) is 0 Å². The lowest BCUT2D eigenvalue weighted by atomic mass is 10.2. The molecule has 0 spiro atoms. The first-order chi connectivity index (χ1) is 10.2. The predicted octanol–water partition coefficient (Wildman–Crippen LogP) is 3.26. The van der Waals surface area contributed by atoms with E-state index in [1.807, 2.05) is 26.0 Å². The Morgan fingerprint density at radius 2 is 2.00 bits per heavy atom. The Morgan fingerprint density at radius 3 is 2.64 bits per heavy atom. The van der Waals surface area contributed by atoms with E-state index in [-0.39, 0.29) is 29.7 Å². The number of ether oxygens (including phenoxy) is 1. The number of aromatic hydroxyl groups is 1. The molecule has 0 aliphatic carbocycles. The van der Waals surface area contributed by atoms with Gasteiger partial charge in [-0.25, -0.2) is 4.99 Å². The molecule has 0 heterocycles. The summed E-state index contributed by atoms with van der Waals surface area (Å²) < 4.78 is 5.38. The second-order valence-corrected chi connectivity index (χ2v) is 4.71. The zero-order chi connectivity index (χ0) is 15.5. The number of guanidine groups is 1. The normalized spacial score (nSPS) is 10.8. The van der Waals surface area contributed by atoms with Gasteiger partial charge in [0.1, 0.15) is 0 Å². The zero-order valence-corrected chi connectivity index (χ0v) is 16.0. The van der Waals surface area contributed by atoms with Crippen LogP contribution in [-0.2, 0) is 6.54 Å². The minimum atomic E-state index is 0. The van der Waals surface area contributed by atoms with Crippen molar-refractivity contribution < 1.29 is 9.84 Å². The van der Waals surface area contributed by atoms with Gasteiger partial charge in [-0.05, 0) is 38.0 Å². The summed E-state index contributed by atoms with van der Waals surface area (Å²) in [5, 5.41) is 16.2. The summed E-state index contributed by atoms with van der Waals surface area (Å²) in [5.41, 5.74) is 1.00. The molecule has 1 aromatic carbocycles. The lowest BCUT2D eigenvalue weighted by molar-refractivity contribution is 0.318. The first-order valence-corrected chi connectivity index (χ1v) is 7.68. The van der Waals surface area contributed by atoms with E-state index in [0.717, 1.165) is 37.5 Å². The van der Waals surface area contributed by atoms with Gasteiger partial charge >= 0.3 is 0 Å². The van der Waals surface area contributed by atoms with Crippen molar-refractivity contribution in [2.24, 2.45) is 4.99 Å². The number of hydrogen-bond donors (Lipinski definition) is 3. The Hall–Kier alpha value is -1.18. The van der Waals surface area contributed by atoms with Crippen LogP contribution in [0.3, 0.4) is 0 Å². The molecule has 0 aromatic heterocycles. The monoisotopic (exact) mass is 421 g/mol. The van der Waals surface area contributed by atoms with Crippen LogP contribution in [0.25, 0.3) is 0 Å². The molecule has 0 saturated carbocycles. The molecule has 0 atom stereocenters. The average molecular weight is 421 g/mol. The van der Waals surface area contributed by atoms with E-state index in [4.69, 9.17) is 4.74 Å². The molecule has 0 amide bonds. The molecule has 0 radical (unpaired) electrons. The van der Waals surface area contributed by atoms with Crippen molar-refractivity contribution in [1.82, 2.24) is 10.6 Å². The van der Waals surface area contributed by atoms with Gasteiger partial charge in [0.15, 0.2) is 17.5 Å². The third-order valence-corrected chi connectivity index (χ3v) is 2.91. The number of unbranched alkanes of at least 4 members (excludes halogenated alkanes) is 1. The number of hydrogen-bond acceptors (Lipinski definition) is 3. The number of halogens is 1. The Morgan fingerprint density at radius 1 is 1.23 bits per heavy atom. The number of rotatable bonds is 8. The van der Waals surface area contributed by atoms with Crippen molar-refractivity contribution in [3.8, 4) is 11.5 Å². The summed E-state index contributed by atoms with van der Waals surface area (Å²) in [6, 6.07) is 5.34. The van der Waals surface area contributed by atoms with Gasteiger partial charge in [0, 0.05) is 13.1 Å². The smallest absolute Gasteiger partial charge is 0.191 e. The summed E-state index contributed by atoms with van der Waals surface area (Å²) in [4.78, 5) is 4.54. The van der Waals surface area contributed by atoms with E-state index in [2.05, 4.69) is 22.5 Å². The van der Waals surface area contributed by atoms with Crippen LogP contribution in [0.4, 0.5) is 0 Å². The molecule has 0 bridgehead atoms. The molecule has 126 valence electrons. The molecule has 1 aromatic rings. The molecule has 0 aliphatic heterocycles. The topological polar surface area (TPSA) is 65.9 Å². The fourth-order valence-corrected chi connectivity index (χ4v) is 1.82. The zero-order valence-electron chi connectivity index (χ0n) is 13.7. The molecule has 0 aliphatic rings. The summed E-state index contributed by atoms with van der Waals surface area (Å²) in [7, 11) is 0. The van der Waals surface area contributed by atoms with Gasteiger partial charge in [-0.1, -0.05) is 19.4 Å². The number of phenolic OH excluding ortho intramolecular Hbond substituents is 1. The van der Waals surface area contributed by atoms with Crippen molar-refractivity contribution in [2.45, 2.75) is 40.2 Å². The quantitative estimate of drug-likeness (QED) is 0.261. The van der Waals surface area contributed by atoms with Crippen molar-refractivity contribution in [2.75, 3.05) is 19.7 Å². The van der Waals surface area contributed by atoms with E-state index in [1.165, 1.54) is 0 Å². The number of aliphatic imine (C=N–C) groups is 1. The summed E-state index contributed by atoms with van der Waals surface area (Å²) >= 11 is 0. The van der Waals surface area contributed by atoms with Gasteiger partial charge in [0.05, 0.1) is 13.2 Å². The summed E-state index contributed by atoms with van der Waals surface area (Å²) in [6.45, 7) is 8.93. The lowest BCUT2D eigenvalue weighted by Crippen LogP contribution is -2.37. The van der Waals surface area contributed by atoms with Crippen molar-refractivity contribution in [1.29, 1.82) is 0 Å². The van der Waals surface area contributed by atoms with Crippen molar-refractivity contribution >= 4 is 29.9 Å². The van der Waals surface area contributed by atoms with E-state index in [9.17, 15) is 5.11 Å². The molecule has 0 saturated heterocycles. The number of phenols is 1. The number of benzene rings is 1. The minimum Gasteiger partial charge on any atom is -0.504 e. The highest BCUT2D eigenvalue weighted by Gasteiger charge is 2.03. The van der Waals surface area contributed by atoms with Gasteiger partial charge < -0.3 is 20.5 Å². The minimum absolute atomic E-state index is 0. The molecule has 3 N–H and O–H groups in total. The standard InChI is InChI=1S/C16H27N3O2.HI/c1-4-7-10-18-16(17-5-2)19-12-13-8-9-14(20)15(11-13)21-6-3;/h8-9,11,20H,4-7,10,12H2,1-3H3,(H2,17,18,19);1H. The number of nitrogens with one attached hydrogen (secondary N) is 2. The summed E-state index contributed by atoms with van der Waals surface area (Å²) in [5.74, 6) is 1.49. The SMILES string of the molecule is CCCCNC(=NCc1ccc(O)c(OCC)c1)NCC.I. The molecule has 22 heavy (non-hydrogen) atoms. The van der Waals surface area contributed by atoms with Crippen LogP contribution in [0.5, 0.6) is 11.5 Å². The van der Waals surface area contributed by atoms with E-state index in [1.54, 1.807) is 6.07 Å². The largest absolute Gasteiger partial charge is 0.504 e. The van der Waals surface area contributed by atoms with Crippen LogP contribution in [0.1, 0.15) is 39.2 Å². The Balaban J connectivity index is 0.00000441. The fourth-order valence-electron chi connectivity index (χ4n) is 1.82.